The Balaban J connectivity index is 0.00000225. The highest BCUT2D eigenvalue weighted by Crippen LogP contribution is 2.06. The highest BCUT2D eigenvalue weighted by atomic mass is 35.5. The predicted molar refractivity (Wildman–Crippen MR) is 62.0 cm³/mol. The zero-order chi connectivity index (χ0) is 11.3. The molecule has 0 amide bonds. The van der Waals surface area contributed by atoms with Crippen LogP contribution in [0.5, 0.6) is 0 Å². The third-order valence-corrected chi connectivity index (χ3v) is 1.93. The Morgan fingerprint density at radius 1 is 1.56 bits per heavy atom. The number of halogens is 2. The van der Waals surface area contributed by atoms with Crippen LogP contribution in [-0.4, -0.2) is 18.6 Å². The van der Waals surface area contributed by atoms with Gasteiger partial charge in [0, 0.05) is 0 Å². The van der Waals surface area contributed by atoms with Crippen molar-refractivity contribution in [2.45, 2.75) is 19.4 Å². The van der Waals surface area contributed by atoms with Gasteiger partial charge in [0.05, 0.1) is 6.61 Å². The second-order valence-electron chi connectivity index (χ2n) is 3.19. The largest absolute Gasteiger partial charge is 0.465 e. The minimum atomic E-state index is -0.730. The first-order valence-electron chi connectivity index (χ1n) is 4.80. The number of carbonyl (C=O) groups excluding carboxylic acids is 1. The van der Waals surface area contributed by atoms with Gasteiger partial charge in [-0.05, 0) is 31.0 Å². The molecule has 1 aromatic rings. The Morgan fingerprint density at radius 3 is 2.81 bits per heavy atom. The molecule has 90 valence electrons. The lowest BCUT2D eigenvalue weighted by atomic mass is 10.1. The van der Waals surface area contributed by atoms with Crippen molar-refractivity contribution in [2.24, 2.45) is 5.73 Å². The molecule has 3 nitrogen and oxygen atoms in total. The Morgan fingerprint density at radius 2 is 2.25 bits per heavy atom. The van der Waals surface area contributed by atoms with Gasteiger partial charge in [0.2, 0.25) is 0 Å². The Bertz CT molecular complexity index is 347. The summed E-state index contributed by atoms with van der Waals surface area (Å²) in [5.41, 5.74) is 6.28. The van der Waals surface area contributed by atoms with Crippen LogP contribution in [-0.2, 0) is 16.0 Å². The number of hydrogen-bond donors (Lipinski definition) is 1. The number of esters is 1. The molecule has 1 atom stereocenters. The summed E-state index contributed by atoms with van der Waals surface area (Å²) in [5.74, 6) is -0.787. The minimum Gasteiger partial charge on any atom is -0.465 e. The second-order valence-corrected chi connectivity index (χ2v) is 3.19. The molecule has 1 unspecified atom stereocenters. The van der Waals surface area contributed by atoms with Gasteiger partial charge >= 0.3 is 5.97 Å². The van der Waals surface area contributed by atoms with E-state index in [0.717, 1.165) is 0 Å². The SMILES string of the molecule is CCOC(=O)C(N)Cc1cccc(F)c1.Cl. The monoisotopic (exact) mass is 247 g/mol. The molecule has 0 fully saturated rings. The van der Waals surface area contributed by atoms with Crippen molar-refractivity contribution in [3.8, 4) is 0 Å². The van der Waals surface area contributed by atoms with Gasteiger partial charge in [-0.25, -0.2) is 4.39 Å². The van der Waals surface area contributed by atoms with Gasteiger partial charge in [0.25, 0.3) is 0 Å². The highest BCUT2D eigenvalue weighted by Gasteiger charge is 2.14. The molecule has 0 aliphatic heterocycles. The normalized spacial score (nSPS) is 11.4. The van der Waals surface area contributed by atoms with Crippen LogP contribution in [0, 0.1) is 5.82 Å². The molecule has 0 aliphatic carbocycles. The van der Waals surface area contributed by atoms with Gasteiger partial charge < -0.3 is 10.5 Å². The van der Waals surface area contributed by atoms with Crippen molar-refractivity contribution in [1.82, 2.24) is 0 Å². The number of benzene rings is 1. The van der Waals surface area contributed by atoms with Crippen LogP contribution in [0.2, 0.25) is 0 Å². The molecule has 0 spiro atoms. The van der Waals surface area contributed by atoms with Crippen LogP contribution in [0.4, 0.5) is 4.39 Å². The molecule has 2 N–H and O–H groups in total. The fourth-order valence-corrected chi connectivity index (χ4v) is 1.25. The van der Waals surface area contributed by atoms with Crippen molar-refractivity contribution >= 4 is 18.4 Å². The average molecular weight is 248 g/mol. The lowest BCUT2D eigenvalue weighted by Gasteiger charge is -2.10. The summed E-state index contributed by atoms with van der Waals surface area (Å²) in [4.78, 5) is 11.2. The maximum absolute atomic E-state index is 12.8. The van der Waals surface area contributed by atoms with E-state index in [-0.39, 0.29) is 24.6 Å². The molecule has 0 radical (unpaired) electrons. The molecule has 0 bridgehead atoms. The molecule has 0 aliphatic rings. The summed E-state index contributed by atoms with van der Waals surface area (Å²) in [6.45, 7) is 2.02. The summed E-state index contributed by atoms with van der Waals surface area (Å²) in [5, 5.41) is 0. The van der Waals surface area contributed by atoms with Gasteiger partial charge in [-0.2, -0.15) is 0 Å². The van der Waals surface area contributed by atoms with E-state index in [0.29, 0.717) is 12.2 Å². The van der Waals surface area contributed by atoms with Gasteiger partial charge in [0.15, 0.2) is 0 Å². The lowest BCUT2D eigenvalue weighted by Crippen LogP contribution is -2.34. The second kappa shape index (κ2) is 7.19. The van der Waals surface area contributed by atoms with Crippen LogP contribution in [0.15, 0.2) is 24.3 Å². The third kappa shape index (κ3) is 4.59. The minimum absolute atomic E-state index is 0. The van der Waals surface area contributed by atoms with Crippen LogP contribution < -0.4 is 5.73 Å². The fourth-order valence-electron chi connectivity index (χ4n) is 1.25. The zero-order valence-electron chi connectivity index (χ0n) is 8.98. The zero-order valence-corrected chi connectivity index (χ0v) is 9.80. The lowest BCUT2D eigenvalue weighted by molar-refractivity contribution is -0.144. The molecule has 0 aromatic heterocycles. The first-order chi connectivity index (χ1) is 7.13. The molecule has 16 heavy (non-hydrogen) atoms. The van der Waals surface area contributed by atoms with E-state index >= 15 is 0 Å². The van der Waals surface area contributed by atoms with Gasteiger partial charge in [-0.3, -0.25) is 4.79 Å². The standard InChI is InChI=1S/C11H14FNO2.ClH/c1-2-15-11(14)10(13)7-8-4-3-5-9(12)6-8;/h3-6,10H,2,7,13H2,1H3;1H. The molecule has 5 heteroatoms. The Hall–Kier alpha value is -1.13. The molecule has 0 saturated heterocycles. The fraction of sp³-hybridized carbons (Fsp3) is 0.364. The number of nitrogens with two attached hydrogens (primary N) is 1. The molecular formula is C11H15ClFNO2. The van der Waals surface area contributed by atoms with Crippen molar-refractivity contribution < 1.29 is 13.9 Å². The maximum atomic E-state index is 12.8. The van der Waals surface area contributed by atoms with E-state index < -0.39 is 12.0 Å². The van der Waals surface area contributed by atoms with Crippen molar-refractivity contribution in [3.63, 3.8) is 0 Å². The summed E-state index contributed by atoms with van der Waals surface area (Å²) < 4.78 is 17.6. The molecule has 0 saturated carbocycles. The van der Waals surface area contributed by atoms with Crippen LogP contribution in [0.25, 0.3) is 0 Å². The number of rotatable bonds is 4. The van der Waals surface area contributed by atoms with Crippen LogP contribution >= 0.6 is 12.4 Å². The number of ether oxygens (including phenoxy) is 1. The summed E-state index contributed by atoms with van der Waals surface area (Å²) in [6, 6.07) is 5.29. The van der Waals surface area contributed by atoms with Crippen molar-refractivity contribution in [1.29, 1.82) is 0 Å². The van der Waals surface area contributed by atoms with E-state index in [4.69, 9.17) is 10.5 Å². The van der Waals surface area contributed by atoms with E-state index in [1.54, 1.807) is 19.1 Å². The Kier molecular flexibility index (Phi) is 6.69. The molecule has 0 heterocycles. The van der Waals surface area contributed by atoms with Crippen LogP contribution in [0.1, 0.15) is 12.5 Å². The Labute approximate surface area is 100 Å². The van der Waals surface area contributed by atoms with E-state index in [1.165, 1.54) is 12.1 Å². The summed E-state index contributed by atoms with van der Waals surface area (Å²) >= 11 is 0. The summed E-state index contributed by atoms with van der Waals surface area (Å²) in [7, 11) is 0. The van der Waals surface area contributed by atoms with Gasteiger partial charge in [0.1, 0.15) is 11.9 Å². The van der Waals surface area contributed by atoms with E-state index in [1.807, 2.05) is 0 Å². The number of hydrogen-bond acceptors (Lipinski definition) is 3. The van der Waals surface area contributed by atoms with Gasteiger partial charge in [-0.1, -0.05) is 12.1 Å². The van der Waals surface area contributed by atoms with E-state index in [2.05, 4.69) is 0 Å². The van der Waals surface area contributed by atoms with Crippen molar-refractivity contribution in [3.05, 3.63) is 35.6 Å². The maximum Gasteiger partial charge on any atom is 0.323 e. The summed E-state index contributed by atoms with van der Waals surface area (Å²) in [6.07, 6.45) is 0.288. The van der Waals surface area contributed by atoms with Crippen LogP contribution in [0.3, 0.4) is 0 Å². The topological polar surface area (TPSA) is 52.3 Å². The van der Waals surface area contributed by atoms with E-state index in [9.17, 15) is 9.18 Å². The first-order valence-corrected chi connectivity index (χ1v) is 4.80. The molecule has 1 aromatic carbocycles. The molecular weight excluding hydrogens is 233 g/mol. The predicted octanol–water partition coefficient (Wildman–Crippen LogP) is 1.68. The highest BCUT2D eigenvalue weighted by molar-refractivity contribution is 5.85. The number of carbonyl (C=O) groups is 1. The first kappa shape index (κ1) is 14.9. The third-order valence-electron chi connectivity index (χ3n) is 1.93. The smallest absolute Gasteiger partial charge is 0.323 e. The molecule has 1 rings (SSSR count). The average Bonchev–Trinajstić information content (AvgIpc) is 2.18. The quantitative estimate of drug-likeness (QED) is 0.824. The van der Waals surface area contributed by atoms with Gasteiger partial charge in [-0.15, -0.1) is 12.4 Å². The van der Waals surface area contributed by atoms with Crippen molar-refractivity contribution in [2.75, 3.05) is 6.61 Å².